The molecular weight excluding hydrogens is 178 g/mol. The van der Waals surface area contributed by atoms with E-state index in [4.69, 9.17) is 5.90 Å². The number of carbonyl (C=O) groups excluding carboxylic acids is 1. The number of carbonyl (C=O) groups is 1. The smallest absolute Gasteiger partial charge is 0.356 e. The fourth-order valence-corrected chi connectivity index (χ4v) is 1.25. The van der Waals surface area contributed by atoms with Gasteiger partial charge in [-0.3, -0.25) is 0 Å². The van der Waals surface area contributed by atoms with Crippen LogP contribution in [0.1, 0.15) is 42.1 Å². The summed E-state index contributed by atoms with van der Waals surface area (Å²) in [4.78, 5) is 15.1. The van der Waals surface area contributed by atoms with Gasteiger partial charge < -0.3 is 4.84 Å². The van der Waals surface area contributed by atoms with E-state index in [1.54, 1.807) is 12.1 Å². The highest BCUT2D eigenvalue weighted by Gasteiger charge is 2.07. The van der Waals surface area contributed by atoms with Crippen LogP contribution >= 0.6 is 0 Å². The first-order chi connectivity index (χ1) is 6.69. The van der Waals surface area contributed by atoms with Crippen LogP contribution in [0.25, 0.3) is 0 Å². The fourth-order valence-electron chi connectivity index (χ4n) is 1.25. The van der Waals surface area contributed by atoms with Crippen LogP contribution in [-0.4, -0.2) is 5.97 Å². The average Bonchev–Trinajstić information content (AvgIpc) is 2.27. The molecule has 0 aliphatic carbocycles. The van der Waals surface area contributed by atoms with Gasteiger partial charge >= 0.3 is 5.97 Å². The zero-order chi connectivity index (χ0) is 10.6. The molecule has 0 aliphatic rings. The Balaban J connectivity index is 2.83. The summed E-state index contributed by atoms with van der Waals surface area (Å²) < 4.78 is 0. The van der Waals surface area contributed by atoms with E-state index >= 15 is 0 Å². The maximum atomic E-state index is 11.0. The first-order valence-corrected chi connectivity index (χ1v) is 4.70. The lowest BCUT2D eigenvalue weighted by Gasteiger charge is -2.08. The molecule has 0 aromatic heterocycles. The molecule has 0 radical (unpaired) electrons. The van der Waals surface area contributed by atoms with Gasteiger partial charge in [0.15, 0.2) is 0 Å². The summed E-state index contributed by atoms with van der Waals surface area (Å²) in [5.74, 6) is 4.79. The molecule has 0 saturated heterocycles. The predicted octanol–water partition coefficient (Wildman–Crippen LogP) is 2.23. The number of benzene rings is 1. The van der Waals surface area contributed by atoms with Crippen molar-refractivity contribution in [2.75, 3.05) is 0 Å². The average molecular weight is 193 g/mol. The van der Waals surface area contributed by atoms with Crippen molar-refractivity contribution in [1.29, 1.82) is 0 Å². The van der Waals surface area contributed by atoms with Crippen molar-refractivity contribution in [3.63, 3.8) is 0 Å². The first kappa shape index (κ1) is 10.7. The lowest BCUT2D eigenvalue weighted by Crippen LogP contribution is -2.10. The van der Waals surface area contributed by atoms with Crippen LogP contribution in [0.4, 0.5) is 0 Å². The van der Waals surface area contributed by atoms with E-state index in [-0.39, 0.29) is 0 Å². The zero-order valence-electron chi connectivity index (χ0n) is 8.49. The second-order valence-corrected chi connectivity index (χ2v) is 3.34. The molecule has 76 valence electrons. The van der Waals surface area contributed by atoms with Gasteiger partial charge in [0.1, 0.15) is 0 Å². The van der Waals surface area contributed by atoms with Crippen molar-refractivity contribution in [2.24, 2.45) is 5.90 Å². The SMILES string of the molecule is CCC(C)c1ccc(C(=O)ON)cc1. The molecule has 1 aromatic rings. The summed E-state index contributed by atoms with van der Waals surface area (Å²) >= 11 is 0. The standard InChI is InChI=1S/C11H15NO2/c1-3-8(2)9-4-6-10(7-5-9)11(13)14-12/h4-8H,3,12H2,1-2H3. The van der Waals surface area contributed by atoms with Gasteiger partial charge in [-0.05, 0) is 30.0 Å². The van der Waals surface area contributed by atoms with Crippen LogP contribution in [0, 0.1) is 0 Å². The van der Waals surface area contributed by atoms with Crippen molar-refractivity contribution in [2.45, 2.75) is 26.2 Å². The maximum absolute atomic E-state index is 11.0. The maximum Gasteiger partial charge on any atom is 0.356 e. The molecule has 1 atom stereocenters. The highest BCUT2D eigenvalue weighted by Crippen LogP contribution is 2.18. The minimum atomic E-state index is -0.499. The van der Waals surface area contributed by atoms with Gasteiger partial charge in [0.05, 0.1) is 5.56 Å². The molecule has 0 fully saturated rings. The van der Waals surface area contributed by atoms with Gasteiger partial charge in [-0.2, -0.15) is 5.90 Å². The molecule has 14 heavy (non-hydrogen) atoms. The van der Waals surface area contributed by atoms with Gasteiger partial charge in [-0.1, -0.05) is 26.0 Å². The molecule has 0 amide bonds. The molecule has 1 unspecified atom stereocenters. The summed E-state index contributed by atoms with van der Waals surface area (Å²) in [6, 6.07) is 7.33. The highest BCUT2D eigenvalue weighted by atomic mass is 16.7. The van der Waals surface area contributed by atoms with E-state index < -0.39 is 5.97 Å². The zero-order valence-corrected chi connectivity index (χ0v) is 8.49. The van der Waals surface area contributed by atoms with Gasteiger partial charge in [0.2, 0.25) is 0 Å². The number of hydrogen-bond acceptors (Lipinski definition) is 3. The summed E-state index contributed by atoms with van der Waals surface area (Å²) in [6.07, 6.45) is 1.08. The fraction of sp³-hybridized carbons (Fsp3) is 0.364. The van der Waals surface area contributed by atoms with E-state index in [9.17, 15) is 4.79 Å². The van der Waals surface area contributed by atoms with Crippen LogP contribution in [0.5, 0.6) is 0 Å². The van der Waals surface area contributed by atoms with Crippen LogP contribution in [0.2, 0.25) is 0 Å². The van der Waals surface area contributed by atoms with Gasteiger partial charge in [0.25, 0.3) is 0 Å². The predicted molar refractivity (Wildman–Crippen MR) is 54.8 cm³/mol. The molecule has 0 bridgehead atoms. The third-order valence-corrected chi connectivity index (χ3v) is 2.43. The Kier molecular flexibility index (Phi) is 3.65. The van der Waals surface area contributed by atoms with E-state index in [2.05, 4.69) is 18.7 Å². The van der Waals surface area contributed by atoms with E-state index in [0.717, 1.165) is 6.42 Å². The molecule has 0 spiro atoms. The Morgan fingerprint density at radius 1 is 1.43 bits per heavy atom. The van der Waals surface area contributed by atoms with E-state index in [1.807, 2.05) is 12.1 Å². The second-order valence-electron chi connectivity index (χ2n) is 3.34. The van der Waals surface area contributed by atoms with Gasteiger partial charge in [-0.25, -0.2) is 4.79 Å². The van der Waals surface area contributed by atoms with Crippen LogP contribution in [0.3, 0.4) is 0 Å². The number of nitrogens with two attached hydrogens (primary N) is 1. The largest absolute Gasteiger partial charge is 0.370 e. The van der Waals surface area contributed by atoms with E-state index in [1.165, 1.54) is 5.56 Å². The van der Waals surface area contributed by atoms with Crippen molar-refractivity contribution in [3.8, 4) is 0 Å². The van der Waals surface area contributed by atoms with Gasteiger partial charge in [-0.15, -0.1) is 0 Å². The Labute approximate surface area is 83.8 Å². The molecule has 0 aliphatic heterocycles. The molecule has 1 aromatic carbocycles. The molecule has 3 heteroatoms. The molecule has 0 saturated carbocycles. The normalized spacial score (nSPS) is 12.2. The van der Waals surface area contributed by atoms with Crippen LogP contribution in [0.15, 0.2) is 24.3 Å². The van der Waals surface area contributed by atoms with E-state index in [0.29, 0.717) is 11.5 Å². The Bertz CT molecular complexity index is 306. The highest BCUT2D eigenvalue weighted by molar-refractivity contribution is 5.89. The third kappa shape index (κ3) is 2.33. The van der Waals surface area contributed by atoms with Gasteiger partial charge in [0, 0.05) is 0 Å². The Morgan fingerprint density at radius 2 is 2.00 bits per heavy atom. The molecule has 1 rings (SSSR count). The first-order valence-electron chi connectivity index (χ1n) is 4.70. The summed E-state index contributed by atoms with van der Waals surface area (Å²) in [5.41, 5.74) is 1.71. The number of hydrogen-bond donors (Lipinski definition) is 1. The minimum Gasteiger partial charge on any atom is -0.370 e. The van der Waals surface area contributed by atoms with Crippen LogP contribution in [-0.2, 0) is 4.84 Å². The topological polar surface area (TPSA) is 52.3 Å². The third-order valence-electron chi connectivity index (χ3n) is 2.43. The Hall–Kier alpha value is -1.35. The summed E-state index contributed by atoms with van der Waals surface area (Å²) in [6.45, 7) is 4.28. The summed E-state index contributed by atoms with van der Waals surface area (Å²) in [5, 5.41) is 0. The van der Waals surface area contributed by atoms with Crippen LogP contribution < -0.4 is 5.90 Å². The minimum absolute atomic E-state index is 0.486. The quantitative estimate of drug-likeness (QED) is 0.749. The van der Waals surface area contributed by atoms with Crippen molar-refractivity contribution >= 4 is 5.97 Å². The monoisotopic (exact) mass is 193 g/mol. The lowest BCUT2D eigenvalue weighted by molar-refractivity contribution is 0.0503. The Morgan fingerprint density at radius 3 is 2.43 bits per heavy atom. The molecular formula is C11H15NO2. The van der Waals surface area contributed by atoms with Crippen molar-refractivity contribution in [1.82, 2.24) is 0 Å². The lowest BCUT2D eigenvalue weighted by atomic mass is 9.98. The second kappa shape index (κ2) is 4.77. The summed E-state index contributed by atoms with van der Waals surface area (Å²) in [7, 11) is 0. The molecule has 2 N–H and O–H groups in total. The van der Waals surface area contributed by atoms with Crippen molar-refractivity contribution < 1.29 is 9.63 Å². The molecule has 0 heterocycles. The molecule has 3 nitrogen and oxygen atoms in total. The number of rotatable bonds is 3. The van der Waals surface area contributed by atoms with Crippen molar-refractivity contribution in [3.05, 3.63) is 35.4 Å².